The minimum Gasteiger partial charge on any atom is -0.303 e. The third kappa shape index (κ3) is 4.61. The standard InChI is InChI=1S/C22H18FN5O2S/c1-13(26-27-22-25-20(29)12-31-22)16-5-9-18(10-6-16)28-14(2)24-19(21(28)30)11-15-3-7-17(23)8-4-15/h3-11H,12H2,1-2H3,(H,25,27,29)/b19-11-,26-13+. The average molecular weight is 435 g/mol. The number of amides is 2. The van der Waals surface area contributed by atoms with Gasteiger partial charge in [-0.15, -0.1) is 5.10 Å². The largest absolute Gasteiger partial charge is 0.303 e. The summed E-state index contributed by atoms with van der Waals surface area (Å²) in [6.07, 6.45) is 1.63. The van der Waals surface area contributed by atoms with Crippen LogP contribution < -0.4 is 10.2 Å². The van der Waals surface area contributed by atoms with Gasteiger partial charge in [-0.05, 0) is 55.3 Å². The number of nitrogens with zero attached hydrogens (tertiary/aromatic N) is 4. The van der Waals surface area contributed by atoms with Gasteiger partial charge in [-0.1, -0.05) is 36.0 Å². The molecule has 0 spiro atoms. The Balaban J connectivity index is 1.51. The summed E-state index contributed by atoms with van der Waals surface area (Å²) < 4.78 is 13.1. The minimum absolute atomic E-state index is 0.0823. The summed E-state index contributed by atoms with van der Waals surface area (Å²) >= 11 is 1.31. The molecule has 9 heteroatoms. The molecule has 0 saturated carbocycles. The van der Waals surface area contributed by atoms with Crippen molar-refractivity contribution in [3.8, 4) is 0 Å². The molecule has 1 fully saturated rings. The fraction of sp³-hybridized carbons (Fsp3) is 0.136. The summed E-state index contributed by atoms with van der Waals surface area (Å²) in [6, 6.07) is 13.2. The average Bonchev–Trinajstić information content (AvgIpc) is 3.30. The number of hydrogen-bond acceptors (Lipinski definition) is 6. The van der Waals surface area contributed by atoms with Gasteiger partial charge in [-0.25, -0.2) is 9.38 Å². The number of thioether (sulfide) groups is 1. The molecular formula is C22H18FN5O2S. The normalized spacial score (nSPS) is 19.4. The smallest absolute Gasteiger partial charge is 0.282 e. The number of halogens is 1. The van der Waals surface area contributed by atoms with E-state index in [9.17, 15) is 14.0 Å². The quantitative estimate of drug-likeness (QED) is 0.453. The number of amidine groups is 2. The van der Waals surface area contributed by atoms with Crippen LogP contribution in [0.2, 0.25) is 0 Å². The summed E-state index contributed by atoms with van der Waals surface area (Å²) in [5.41, 5.74) is 3.18. The predicted molar refractivity (Wildman–Crippen MR) is 122 cm³/mol. The molecule has 0 bridgehead atoms. The van der Waals surface area contributed by atoms with Gasteiger partial charge in [0.15, 0.2) is 5.17 Å². The van der Waals surface area contributed by atoms with Crippen molar-refractivity contribution in [2.45, 2.75) is 13.8 Å². The summed E-state index contributed by atoms with van der Waals surface area (Å²) in [7, 11) is 0. The molecule has 2 amide bonds. The Kier molecular flexibility index (Phi) is 5.77. The lowest BCUT2D eigenvalue weighted by Crippen LogP contribution is -2.30. The van der Waals surface area contributed by atoms with Crippen LogP contribution in [0, 0.1) is 5.82 Å². The molecule has 31 heavy (non-hydrogen) atoms. The van der Waals surface area contributed by atoms with Crippen LogP contribution in [-0.2, 0) is 9.59 Å². The molecule has 0 atom stereocenters. The SMILES string of the molecule is CC1=N/C(=C\c2ccc(F)cc2)C(=O)N1c1ccc(/C(C)=N/N=C2/NC(=O)CS2)cc1. The number of rotatable bonds is 4. The van der Waals surface area contributed by atoms with Gasteiger partial charge in [-0.3, -0.25) is 14.5 Å². The van der Waals surface area contributed by atoms with Crippen molar-refractivity contribution in [3.05, 3.63) is 71.2 Å². The Morgan fingerprint density at radius 2 is 1.87 bits per heavy atom. The van der Waals surface area contributed by atoms with Crippen LogP contribution in [0.4, 0.5) is 10.1 Å². The zero-order chi connectivity index (χ0) is 22.0. The van der Waals surface area contributed by atoms with Gasteiger partial charge in [0.1, 0.15) is 17.3 Å². The van der Waals surface area contributed by atoms with Crippen LogP contribution in [0.15, 0.2) is 69.4 Å². The summed E-state index contributed by atoms with van der Waals surface area (Å²) in [5.74, 6) is 0.237. The number of aliphatic imine (C=N–C) groups is 1. The van der Waals surface area contributed by atoms with E-state index < -0.39 is 0 Å². The number of anilines is 1. The zero-order valence-corrected chi connectivity index (χ0v) is 17.6. The molecule has 0 aromatic heterocycles. The van der Waals surface area contributed by atoms with Gasteiger partial charge >= 0.3 is 0 Å². The third-order valence-corrected chi connectivity index (χ3v) is 5.49. The number of nitrogens with one attached hydrogen (secondary N) is 1. The van der Waals surface area contributed by atoms with E-state index in [4.69, 9.17) is 0 Å². The molecule has 4 rings (SSSR count). The summed E-state index contributed by atoms with van der Waals surface area (Å²) in [6.45, 7) is 3.57. The first-order valence-electron chi connectivity index (χ1n) is 9.43. The maximum absolute atomic E-state index is 13.1. The second-order valence-corrected chi connectivity index (χ2v) is 7.82. The van der Waals surface area contributed by atoms with E-state index in [0.717, 1.165) is 5.56 Å². The highest BCUT2D eigenvalue weighted by Crippen LogP contribution is 2.25. The molecule has 2 aromatic carbocycles. The Labute approximate surface area is 182 Å². The molecule has 0 aliphatic carbocycles. The first-order valence-corrected chi connectivity index (χ1v) is 10.4. The Morgan fingerprint density at radius 3 is 2.52 bits per heavy atom. The van der Waals surface area contributed by atoms with Gasteiger partial charge in [0.25, 0.3) is 5.91 Å². The van der Waals surface area contributed by atoms with Crippen LogP contribution in [0.3, 0.4) is 0 Å². The molecule has 2 aromatic rings. The van der Waals surface area contributed by atoms with E-state index in [1.807, 2.05) is 31.2 Å². The van der Waals surface area contributed by atoms with Crippen LogP contribution in [0.1, 0.15) is 25.0 Å². The Bertz CT molecular complexity index is 1170. The number of carbonyl (C=O) groups is 2. The monoisotopic (exact) mass is 435 g/mol. The molecule has 0 radical (unpaired) electrons. The summed E-state index contributed by atoms with van der Waals surface area (Å²) in [4.78, 5) is 30.0. The molecule has 0 unspecified atom stereocenters. The molecular weight excluding hydrogens is 417 g/mol. The van der Waals surface area contributed by atoms with Crippen molar-refractivity contribution in [2.75, 3.05) is 10.7 Å². The first kappa shape index (κ1) is 20.7. The summed E-state index contributed by atoms with van der Waals surface area (Å²) in [5, 5.41) is 11.3. The molecule has 156 valence electrons. The van der Waals surface area contributed by atoms with Crippen molar-refractivity contribution in [1.29, 1.82) is 0 Å². The van der Waals surface area contributed by atoms with Crippen LogP contribution in [0.25, 0.3) is 6.08 Å². The highest BCUT2D eigenvalue weighted by atomic mass is 32.2. The van der Waals surface area contributed by atoms with Crippen molar-refractivity contribution < 1.29 is 14.0 Å². The van der Waals surface area contributed by atoms with Crippen LogP contribution >= 0.6 is 11.8 Å². The van der Waals surface area contributed by atoms with E-state index in [-0.39, 0.29) is 23.3 Å². The van der Waals surface area contributed by atoms with E-state index in [0.29, 0.717) is 33.7 Å². The molecule has 7 nitrogen and oxygen atoms in total. The third-order valence-electron chi connectivity index (χ3n) is 4.62. The maximum Gasteiger partial charge on any atom is 0.282 e. The lowest BCUT2D eigenvalue weighted by Gasteiger charge is -2.16. The van der Waals surface area contributed by atoms with Gasteiger partial charge in [0.2, 0.25) is 5.91 Å². The van der Waals surface area contributed by atoms with Crippen LogP contribution in [-0.4, -0.2) is 34.3 Å². The first-order chi connectivity index (χ1) is 14.9. The maximum atomic E-state index is 13.1. The predicted octanol–water partition coefficient (Wildman–Crippen LogP) is 3.57. The van der Waals surface area contributed by atoms with Crippen molar-refractivity contribution >= 4 is 52.1 Å². The second kappa shape index (κ2) is 8.65. The van der Waals surface area contributed by atoms with E-state index in [2.05, 4.69) is 20.5 Å². The van der Waals surface area contributed by atoms with Gasteiger partial charge < -0.3 is 5.32 Å². The lowest BCUT2D eigenvalue weighted by molar-refractivity contribution is -0.117. The van der Waals surface area contributed by atoms with Gasteiger partial charge in [0, 0.05) is 0 Å². The molecule has 2 aliphatic rings. The van der Waals surface area contributed by atoms with E-state index in [1.165, 1.54) is 28.8 Å². The zero-order valence-electron chi connectivity index (χ0n) is 16.8. The van der Waals surface area contributed by atoms with Crippen molar-refractivity contribution in [2.24, 2.45) is 15.2 Å². The number of benzene rings is 2. The van der Waals surface area contributed by atoms with Gasteiger partial charge in [0.05, 0.1) is 17.2 Å². The topological polar surface area (TPSA) is 86.5 Å². The molecule has 1 saturated heterocycles. The fourth-order valence-corrected chi connectivity index (χ4v) is 3.68. The Hall–Kier alpha value is -3.59. The van der Waals surface area contributed by atoms with Crippen LogP contribution in [0.5, 0.6) is 0 Å². The van der Waals surface area contributed by atoms with Crippen molar-refractivity contribution in [1.82, 2.24) is 5.32 Å². The number of hydrogen-bond donors (Lipinski definition) is 1. The molecule has 2 heterocycles. The van der Waals surface area contributed by atoms with Crippen molar-refractivity contribution in [3.63, 3.8) is 0 Å². The fourth-order valence-electron chi connectivity index (χ4n) is 3.06. The number of carbonyl (C=O) groups excluding carboxylic acids is 2. The van der Waals surface area contributed by atoms with E-state index in [1.54, 1.807) is 25.1 Å². The molecule has 2 aliphatic heterocycles. The highest BCUT2D eigenvalue weighted by molar-refractivity contribution is 8.15. The van der Waals surface area contributed by atoms with E-state index >= 15 is 0 Å². The molecule has 1 N–H and O–H groups in total. The highest BCUT2D eigenvalue weighted by Gasteiger charge is 2.28. The lowest BCUT2D eigenvalue weighted by atomic mass is 10.1. The second-order valence-electron chi connectivity index (χ2n) is 6.85. The Morgan fingerprint density at radius 1 is 1.16 bits per heavy atom. The minimum atomic E-state index is -0.335. The van der Waals surface area contributed by atoms with Gasteiger partial charge in [-0.2, -0.15) is 5.10 Å².